The second kappa shape index (κ2) is 7.56. The molecule has 1 atom stereocenters. The normalized spacial score (nSPS) is 12.5. The van der Waals surface area contributed by atoms with Gasteiger partial charge < -0.3 is 5.32 Å². The molecule has 0 aliphatic carbocycles. The third kappa shape index (κ3) is 5.49. The van der Waals surface area contributed by atoms with Crippen molar-refractivity contribution < 1.29 is 26.4 Å². The number of hydrogen-bond donors (Lipinski definition) is 2. The molecule has 2 rings (SSSR count). The monoisotopic (exact) mass is 372 g/mol. The summed E-state index contributed by atoms with van der Waals surface area (Å²) in [4.78, 5) is 12.0. The highest BCUT2D eigenvalue weighted by atomic mass is 32.2. The highest BCUT2D eigenvalue weighted by molar-refractivity contribution is 7.92. The molecule has 9 heteroatoms. The number of amides is 1. The van der Waals surface area contributed by atoms with Crippen LogP contribution in [0, 0.1) is 23.4 Å². The molecular weight excluding hydrogens is 357 g/mol. The van der Waals surface area contributed by atoms with E-state index in [1.807, 2.05) is 4.72 Å². The van der Waals surface area contributed by atoms with Crippen LogP contribution in [0.1, 0.15) is 6.92 Å². The topological polar surface area (TPSA) is 75.3 Å². The summed E-state index contributed by atoms with van der Waals surface area (Å²) < 4.78 is 65.5. The first-order valence-electron chi connectivity index (χ1n) is 7.18. The fourth-order valence-corrected chi connectivity index (χ4v) is 3.41. The van der Waals surface area contributed by atoms with Crippen LogP contribution in [-0.4, -0.2) is 20.1 Å². The molecule has 0 aliphatic rings. The first-order chi connectivity index (χ1) is 11.7. The lowest BCUT2D eigenvalue weighted by Gasteiger charge is -2.14. The fraction of sp³-hybridized carbons (Fsp3) is 0.188. The van der Waals surface area contributed by atoms with Gasteiger partial charge in [-0.15, -0.1) is 0 Å². The van der Waals surface area contributed by atoms with Crippen LogP contribution in [0.15, 0.2) is 42.5 Å². The molecule has 0 bridgehead atoms. The standard InChI is InChI=1S/C16H15F3N2O3S/c1-10(16(22)20-13-4-2-3-11(17)7-13)9-25(23,24)21-15-6-5-12(18)8-14(15)19/h2-8,10,21H,9H2,1H3,(H,20,22). The van der Waals surface area contributed by atoms with E-state index >= 15 is 0 Å². The molecule has 0 spiro atoms. The highest BCUT2D eigenvalue weighted by Gasteiger charge is 2.23. The Bertz CT molecular complexity index is 888. The lowest BCUT2D eigenvalue weighted by molar-refractivity contribution is -0.118. The van der Waals surface area contributed by atoms with Crippen molar-refractivity contribution in [1.29, 1.82) is 0 Å². The molecule has 0 aliphatic heterocycles. The number of anilines is 2. The average Bonchev–Trinajstić information content (AvgIpc) is 2.49. The van der Waals surface area contributed by atoms with Gasteiger partial charge in [0.15, 0.2) is 0 Å². The summed E-state index contributed by atoms with van der Waals surface area (Å²) >= 11 is 0. The van der Waals surface area contributed by atoms with Crippen molar-refractivity contribution in [1.82, 2.24) is 0 Å². The molecule has 0 heterocycles. The van der Waals surface area contributed by atoms with Crippen molar-refractivity contribution >= 4 is 27.3 Å². The largest absolute Gasteiger partial charge is 0.326 e. The molecule has 0 saturated heterocycles. The Labute approximate surface area is 142 Å². The van der Waals surface area contributed by atoms with Gasteiger partial charge in [-0.1, -0.05) is 13.0 Å². The van der Waals surface area contributed by atoms with Crippen LogP contribution in [0.5, 0.6) is 0 Å². The molecule has 0 fully saturated rings. The molecular formula is C16H15F3N2O3S. The lowest BCUT2D eigenvalue weighted by atomic mass is 10.2. The van der Waals surface area contributed by atoms with E-state index in [4.69, 9.17) is 0 Å². The molecule has 25 heavy (non-hydrogen) atoms. The molecule has 0 radical (unpaired) electrons. The van der Waals surface area contributed by atoms with E-state index in [1.54, 1.807) is 0 Å². The number of halogens is 3. The van der Waals surface area contributed by atoms with Gasteiger partial charge in [0.1, 0.15) is 17.5 Å². The van der Waals surface area contributed by atoms with Gasteiger partial charge in [-0.2, -0.15) is 0 Å². The van der Waals surface area contributed by atoms with Crippen LogP contribution in [0.2, 0.25) is 0 Å². The van der Waals surface area contributed by atoms with Gasteiger partial charge in [0.2, 0.25) is 15.9 Å². The smallest absolute Gasteiger partial charge is 0.233 e. The van der Waals surface area contributed by atoms with Gasteiger partial charge in [-0.3, -0.25) is 9.52 Å². The quantitative estimate of drug-likeness (QED) is 0.818. The third-order valence-corrected chi connectivity index (χ3v) is 4.68. The fourth-order valence-electron chi connectivity index (χ4n) is 2.02. The molecule has 134 valence electrons. The Morgan fingerprint density at radius 1 is 1.08 bits per heavy atom. The van der Waals surface area contributed by atoms with Gasteiger partial charge in [-0.25, -0.2) is 21.6 Å². The van der Waals surface area contributed by atoms with E-state index in [1.165, 1.54) is 25.1 Å². The van der Waals surface area contributed by atoms with Crippen LogP contribution < -0.4 is 10.0 Å². The van der Waals surface area contributed by atoms with E-state index in [2.05, 4.69) is 5.32 Å². The van der Waals surface area contributed by atoms with Crippen molar-refractivity contribution in [3.63, 3.8) is 0 Å². The average molecular weight is 372 g/mol. The van der Waals surface area contributed by atoms with E-state index in [9.17, 15) is 26.4 Å². The zero-order chi connectivity index (χ0) is 18.6. The number of hydrogen-bond acceptors (Lipinski definition) is 3. The van der Waals surface area contributed by atoms with Crippen LogP contribution in [0.25, 0.3) is 0 Å². The zero-order valence-corrected chi connectivity index (χ0v) is 13.9. The summed E-state index contributed by atoms with van der Waals surface area (Å²) in [5.41, 5.74) is -0.231. The van der Waals surface area contributed by atoms with Crippen LogP contribution in [-0.2, 0) is 14.8 Å². The molecule has 0 saturated carbocycles. The summed E-state index contributed by atoms with van der Waals surface area (Å²) in [6, 6.07) is 7.52. The Balaban J connectivity index is 2.02. The predicted molar refractivity (Wildman–Crippen MR) is 88.0 cm³/mol. The molecule has 1 unspecified atom stereocenters. The van der Waals surface area contributed by atoms with Crippen molar-refractivity contribution in [2.45, 2.75) is 6.92 Å². The maximum atomic E-state index is 13.5. The number of carbonyl (C=O) groups excluding carboxylic acids is 1. The summed E-state index contributed by atoms with van der Waals surface area (Å²) in [7, 11) is -4.06. The van der Waals surface area contributed by atoms with Crippen molar-refractivity contribution in [3.8, 4) is 0 Å². The first-order valence-corrected chi connectivity index (χ1v) is 8.83. The maximum Gasteiger partial charge on any atom is 0.233 e. The number of nitrogens with one attached hydrogen (secondary N) is 2. The molecule has 1 amide bonds. The summed E-state index contributed by atoms with van der Waals surface area (Å²) in [5, 5.41) is 2.39. The van der Waals surface area contributed by atoms with Gasteiger partial charge in [-0.05, 0) is 30.3 Å². The van der Waals surface area contributed by atoms with Crippen molar-refractivity contribution in [2.75, 3.05) is 15.8 Å². The minimum Gasteiger partial charge on any atom is -0.326 e. The molecule has 0 aromatic heterocycles. The summed E-state index contributed by atoms with van der Waals surface area (Å²) in [5.74, 6) is -4.74. The van der Waals surface area contributed by atoms with Gasteiger partial charge in [0.05, 0.1) is 17.4 Å². The second-order valence-electron chi connectivity index (χ2n) is 5.41. The van der Waals surface area contributed by atoms with Crippen LogP contribution in [0.4, 0.5) is 24.5 Å². The van der Waals surface area contributed by atoms with Crippen molar-refractivity contribution in [3.05, 3.63) is 59.9 Å². The molecule has 2 N–H and O–H groups in total. The van der Waals surface area contributed by atoms with E-state index in [-0.39, 0.29) is 5.69 Å². The number of sulfonamides is 1. The minimum atomic E-state index is -4.06. The maximum absolute atomic E-state index is 13.5. The number of carbonyl (C=O) groups is 1. The van der Waals surface area contributed by atoms with E-state index < -0.39 is 50.7 Å². The number of benzene rings is 2. The SMILES string of the molecule is CC(CS(=O)(=O)Nc1ccc(F)cc1F)C(=O)Nc1cccc(F)c1. The third-order valence-electron chi connectivity index (χ3n) is 3.21. The molecule has 5 nitrogen and oxygen atoms in total. The summed E-state index contributed by atoms with van der Waals surface area (Å²) in [6.45, 7) is 1.36. The predicted octanol–water partition coefficient (Wildman–Crippen LogP) is 3.12. The van der Waals surface area contributed by atoms with Gasteiger partial charge in [0.25, 0.3) is 0 Å². The number of rotatable bonds is 6. The Morgan fingerprint density at radius 2 is 1.76 bits per heavy atom. The second-order valence-corrected chi connectivity index (χ2v) is 7.18. The highest BCUT2D eigenvalue weighted by Crippen LogP contribution is 2.18. The van der Waals surface area contributed by atoms with Gasteiger partial charge >= 0.3 is 0 Å². The van der Waals surface area contributed by atoms with Crippen LogP contribution in [0.3, 0.4) is 0 Å². The van der Waals surface area contributed by atoms with E-state index in [0.717, 1.165) is 18.2 Å². The van der Waals surface area contributed by atoms with Gasteiger partial charge in [0, 0.05) is 11.8 Å². The lowest BCUT2D eigenvalue weighted by Crippen LogP contribution is -2.30. The molecule has 2 aromatic carbocycles. The molecule has 2 aromatic rings. The Morgan fingerprint density at radius 3 is 2.40 bits per heavy atom. The van der Waals surface area contributed by atoms with E-state index in [0.29, 0.717) is 6.07 Å². The van der Waals surface area contributed by atoms with Crippen molar-refractivity contribution in [2.24, 2.45) is 5.92 Å². The van der Waals surface area contributed by atoms with Crippen LogP contribution >= 0.6 is 0 Å². The summed E-state index contributed by atoms with van der Waals surface area (Å²) in [6.07, 6.45) is 0. The Hall–Kier alpha value is -2.55. The Kier molecular flexibility index (Phi) is 5.68. The first kappa shape index (κ1) is 18.8. The minimum absolute atomic E-state index is 0.187. The zero-order valence-electron chi connectivity index (χ0n) is 13.1.